The van der Waals surface area contributed by atoms with Crippen molar-refractivity contribution in [2.24, 2.45) is 11.8 Å². The minimum absolute atomic E-state index is 0.155. The van der Waals surface area contributed by atoms with Gasteiger partial charge in [0.2, 0.25) is 5.91 Å². The Kier molecular flexibility index (Phi) is 5.96. The fourth-order valence-corrected chi connectivity index (χ4v) is 3.80. The zero-order valence-electron chi connectivity index (χ0n) is 16.1. The first-order valence-corrected chi connectivity index (χ1v) is 9.50. The molecule has 2 N–H and O–H groups in total. The quantitative estimate of drug-likeness (QED) is 0.749. The monoisotopic (exact) mass is 387 g/mol. The normalized spacial score (nSPS) is 20.5. The molecular weight excluding hydrogens is 362 g/mol. The second-order valence-electron chi connectivity index (χ2n) is 7.36. The van der Waals surface area contributed by atoms with Crippen molar-refractivity contribution in [2.75, 3.05) is 7.11 Å². The minimum atomic E-state index is -0.676. The number of carbonyl (C=O) groups is 2. The van der Waals surface area contributed by atoms with Crippen LogP contribution in [-0.2, 0) is 20.9 Å². The predicted molar refractivity (Wildman–Crippen MR) is 104 cm³/mol. The molecule has 0 saturated heterocycles. The number of esters is 1. The van der Waals surface area contributed by atoms with Crippen molar-refractivity contribution < 1.29 is 14.3 Å². The molecular formula is C20H25N3O5. The van der Waals surface area contributed by atoms with E-state index in [4.69, 9.17) is 0 Å². The summed E-state index contributed by atoms with van der Waals surface area (Å²) in [4.78, 5) is 51.5. The van der Waals surface area contributed by atoms with E-state index in [1.807, 2.05) is 0 Å². The molecule has 8 nitrogen and oxygen atoms in total. The number of nitrogens with one attached hydrogen (secondary N) is 2. The van der Waals surface area contributed by atoms with Crippen LogP contribution < -0.4 is 16.6 Å². The molecule has 1 saturated carbocycles. The highest BCUT2D eigenvalue weighted by Crippen LogP contribution is 2.29. The summed E-state index contributed by atoms with van der Waals surface area (Å²) >= 11 is 0. The Labute approximate surface area is 161 Å². The average molecular weight is 387 g/mol. The van der Waals surface area contributed by atoms with Crippen molar-refractivity contribution in [1.29, 1.82) is 0 Å². The number of H-pyrrole nitrogens is 1. The lowest BCUT2D eigenvalue weighted by molar-refractivity contribution is -0.145. The first kappa shape index (κ1) is 19.9. The van der Waals surface area contributed by atoms with Crippen LogP contribution in [0.2, 0.25) is 0 Å². The number of aromatic nitrogens is 2. The molecule has 1 aliphatic rings. The molecule has 0 bridgehead atoms. The fraction of sp³-hybridized carbons (Fsp3) is 0.500. The first-order chi connectivity index (χ1) is 13.4. The lowest BCUT2D eigenvalue weighted by Gasteiger charge is -2.28. The van der Waals surface area contributed by atoms with E-state index in [2.05, 4.69) is 15.0 Å². The van der Waals surface area contributed by atoms with Gasteiger partial charge in [0, 0.05) is 12.5 Å². The molecule has 1 amide bonds. The Morgan fingerprint density at radius 2 is 1.89 bits per heavy atom. The van der Waals surface area contributed by atoms with Gasteiger partial charge in [-0.3, -0.25) is 14.2 Å². The summed E-state index contributed by atoms with van der Waals surface area (Å²) in [5, 5.41) is 3.17. The molecule has 1 atom stereocenters. The van der Waals surface area contributed by atoms with Gasteiger partial charge in [-0.15, -0.1) is 0 Å². The molecule has 2 aromatic rings. The second-order valence-corrected chi connectivity index (χ2v) is 7.36. The van der Waals surface area contributed by atoms with Crippen molar-refractivity contribution in [1.82, 2.24) is 14.9 Å². The van der Waals surface area contributed by atoms with Crippen LogP contribution in [0.5, 0.6) is 0 Å². The number of hydrogen-bond acceptors (Lipinski definition) is 5. The SMILES string of the molecule is COC(=O)C(C)NC(=O)C1CCC(Cn2c(=O)[nH]c3ccccc3c2=O)CC1. The number of hydrogen-bond donors (Lipinski definition) is 2. The summed E-state index contributed by atoms with van der Waals surface area (Å²) in [5.74, 6) is -0.647. The molecule has 1 heterocycles. The number of fused-ring (bicyclic) bond motifs is 1. The van der Waals surface area contributed by atoms with E-state index in [0.717, 1.165) is 12.8 Å². The van der Waals surface area contributed by atoms with Gasteiger partial charge in [-0.1, -0.05) is 12.1 Å². The summed E-state index contributed by atoms with van der Waals surface area (Å²) in [6.07, 6.45) is 2.79. The summed E-state index contributed by atoms with van der Waals surface area (Å²) in [7, 11) is 1.28. The van der Waals surface area contributed by atoms with Crippen molar-refractivity contribution in [3.8, 4) is 0 Å². The zero-order valence-corrected chi connectivity index (χ0v) is 16.1. The number of aromatic amines is 1. The Bertz CT molecular complexity index is 985. The van der Waals surface area contributed by atoms with E-state index in [1.165, 1.54) is 11.7 Å². The van der Waals surface area contributed by atoms with Crippen LogP contribution in [0, 0.1) is 11.8 Å². The molecule has 1 aromatic heterocycles. The van der Waals surface area contributed by atoms with Gasteiger partial charge in [0.15, 0.2) is 0 Å². The predicted octanol–water partition coefficient (Wildman–Crippen LogP) is 1.17. The summed E-state index contributed by atoms with van der Waals surface area (Å²) in [6.45, 7) is 1.93. The highest BCUT2D eigenvalue weighted by atomic mass is 16.5. The zero-order chi connectivity index (χ0) is 20.3. The van der Waals surface area contributed by atoms with Crippen LogP contribution in [0.3, 0.4) is 0 Å². The number of ether oxygens (including phenoxy) is 1. The highest BCUT2D eigenvalue weighted by molar-refractivity contribution is 5.85. The summed E-state index contributed by atoms with van der Waals surface area (Å²) in [5.41, 5.74) is -0.157. The van der Waals surface area contributed by atoms with Crippen molar-refractivity contribution in [2.45, 2.75) is 45.2 Å². The first-order valence-electron chi connectivity index (χ1n) is 9.50. The number of carbonyl (C=O) groups excluding carboxylic acids is 2. The van der Waals surface area contributed by atoms with E-state index in [9.17, 15) is 19.2 Å². The topological polar surface area (TPSA) is 110 Å². The van der Waals surface area contributed by atoms with E-state index < -0.39 is 17.7 Å². The fourth-order valence-electron chi connectivity index (χ4n) is 3.80. The molecule has 1 fully saturated rings. The van der Waals surface area contributed by atoms with Crippen LogP contribution in [0.1, 0.15) is 32.6 Å². The number of methoxy groups -OCH3 is 1. The van der Waals surface area contributed by atoms with Crippen LogP contribution in [-0.4, -0.2) is 34.6 Å². The standard InChI is InChI=1S/C20H25N3O5/c1-12(19(26)28-2)21-17(24)14-9-7-13(8-10-14)11-23-18(25)15-5-3-4-6-16(15)22-20(23)27/h3-6,12-14H,7-11H2,1-2H3,(H,21,24)(H,22,27). The molecule has 3 rings (SSSR count). The Balaban J connectivity index is 1.63. The van der Waals surface area contributed by atoms with Gasteiger partial charge in [0.05, 0.1) is 18.0 Å². The number of nitrogens with zero attached hydrogens (tertiary/aromatic N) is 1. The number of benzene rings is 1. The lowest BCUT2D eigenvalue weighted by Crippen LogP contribution is -2.43. The maximum atomic E-state index is 12.6. The van der Waals surface area contributed by atoms with E-state index in [1.54, 1.807) is 31.2 Å². The van der Waals surface area contributed by atoms with Gasteiger partial charge in [0.25, 0.3) is 5.56 Å². The molecule has 0 spiro atoms. The molecule has 1 aliphatic carbocycles. The minimum Gasteiger partial charge on any atom is -0.467 e. The third-order valence-electron chi connectivity index (χ3n) is 5.46. The largest absolute Gasteiger partial charge is 0.467 e. The Morgan fingerprint density at radius 1 is 1.21 bits per heavy atom. The molecule has 150 valence electrons. The molecule has 0 aliphatic heterocycles. The van der Waals surface area contributed by atoms with Crippen LogP contribution in [0.25, 0.3) is 10.9 Å². The highest BCUT2D eigenvalue weighted by Gasteiger charge is 2.29. The van der Waals surface area contributed by atoms with Gasteiger partial charge in [-0.25, -0.2) is 9.59 Å². The van der Waals surface area contributed by atoms with Gasteiger partial charge < -0.3 is 15.0 Å². The smallest absolute Gasteiger partial charge is 0.328 e. The van der Waals surface area contributed by atoms with Crippen molar-refractivity contribution in [3.05, 3.63) is 45.1 Å². The van der Waals surface area contributed by atoms with Crippen LogP contribution in [0.15, 0.2) is 33.9 Å². The van der Waals surface area contributed by atoms with Crippen molar-refractivity contribution >= 4 is 22.8 Å². The van der Waals surface area contributed by atoms with E-state index >= 15 is 0 Å². The Hall–Kier alpha value is -2.90. The molecule has 0 radical (unpaired) electrons. The number of rotatable bonds is 5. The maximum Gasteiger partial charge on any atom is 0.328 e. The maximum absolute atomic E-state index is 12.6. The van der Waals surface area contributed by atoms with Gasteiger partial charge in [0.1, 0.15) is 6.04 Å². The van der Waals surface area contributed by atoms with E-state index in [0.29, 0.717) is 30.3 Å². The Morgan fingerprint density at radius 3 is 2.57 bits per heavy atom. The lowest BCUT2D eigenvalue weighted by atomic mass is 9.81. The van der Waals surface area contributed by atoms with Gasteiger partial charge in [-0.05, 0) is 50.7 Å². The summed E-state index contributed by atoms with van der Waals surface area (Å²) in [6, 6.07) is 6.28. The van der Waals surface area contributed by atoms with E-state index in [-0.39, 0.29) is 23.3 Å². The number of amides is 1. The molecule has 1 aromatic carbocycles. The van der Waals surface area contributed by atoms with Gasteiger partial charge >= 0.3 is 11.7 Å². The molecule has 1 unspecified atom stereocenters. The second kappa shape index (κ2) is 8.41. The molecule has 8 heteroatoms. The third-order valence-corrected chi connectivity index (χ3v) is 5.46. The third kappa shape index (κ3) is 4.16. The van der Waals surface area contributed by atoms with Crippen LogP contribution >= 0.6 is 0 Å². The van der Waals surface area contributed by atoms with Crippen molar-refractivity contribution in [3.63, 3.8) is 0 Å². The average Bonchev–Trinajstić information content (AvgIpc) is 2.70. The number of para-hydroxylation sites is 1. The summed E-state index contributed by atoms with van der Waals surface area (Å²) < 4.78 is 5.87. The van der Waals surface area contributed by atoms with Crippen LogP contribution in [0.4, 0.5) is 0 Å². The molecule has 28 heavy (non-hydrogen) atoms. The van der Waals surface area contributed by atoms with Gasteiger partial charge in [-0.2, -0.15) is 0 Å².